The molecule has 0 aliphatic heterocycles. The molecule has 3 aromatic rings. The fourth-order valence-corrected chi connectivity index (χ4v) is 4.09. The predicted octanol–water partition coefficient (Wildman–Crippen LogP) is 3.70. The molecule has 2 aromatic carbocycles. The maximum absolute atomic E-state index is 12.3. The van der Waals surface area contributed by atoms with Crippen LogP contribution in [0.4, 0.5) is 0 Å². The van der Waals surface area contributed by atoms with E-state index in [0.717, 1.165) is 28.0 Å². The van der Waals surface area contributed by atoms with Crippen LogP contribution in [0.15, 0.2) is 53.5 Å². The van der Waals surface area contributed by atoms with Crippen molar-refractivity contribution in [1.29, 1.82) is 0 Å². The molecule has 0 aliphatic rings. The lowest BCUT2D eigenvalue weighted by Gasteiger charge is -2.24. The molecule has 0 atom stereocenters. The third-order valence-electron chi connectivity index (χ3n) is 4.97. The predicted molar refractivity (Wildman–Crippen MR) is 128 cm³/mol. The van der Waals surface area contributed by atoms with Gasteiger partial charge in [0.1, 0.15) is 5.75 Å². The van der Waals surface area contributed by atoms with Crippen molar-refractivity contribution in [3.05, 3.63) is 81.3 Å². The summed E-state index contributed by atoms with van der Waals surface area (Å²) in [5, 5.41) is 11.4. The van der Waals surface area contributed by atoms with Crippen molar-refractivity contribution in [3.8, 4) is 16.9 Å². The van der Waals surface area contributed by atoms with Crippen LogP contribution in [0.2, 0.25) is 0 Å². The molecular weight excluding hydrogens is 426 g/mol. The van der Waals surface area contributed by atoms with E-state index in [1.165, 1.54) is 0 Å². The third kappa shape index (κ3) is 5.72. The third-order valence-corrected chi connectivity index (χ3v) is 5.71. The molecule has 32 heavy (non-hydrogen) atoms. The van der Waals surface area contributed by atoms with Crippen molar-refractivity contribution in [1.82, 2.24) is 10.2 Å². The first-order valence-corrected chi connectivity index (χ1v) is 11.7. The molecule has 7 nitrogen and oxygen atoms in total. The number of ether oxygens (including phenoxy) is 1. The summed E-state index contributed by atoms with van der Waals surface area (Å²) in [4.78, 5) is 12.3. The summed E-state index contributed by atoms with van der Waals surface area (Å²) in [5.74, 6) is 0.524. The van der Waals surface area contributed by atoms with Gasteiger partial charge in [-0.25, -0.2) is 18.7 Å². The first kappa shape index (κ1) is 23.4. The molecule has 0 saturated heterocycles. The minimum absolute atomic E-state index is 0.206. The number of benzene rings is 2. The van der Waals surface area contributed by atoms with Crippen LogP contribution < -0.4 is 15.4 Å². The Kier molecular flexibility index (Phi) is 6.66. The maximum atomic E-state index is 12.3. The first-order chi connectivity index (χ1) is 15.0. The molecular formula is C24H27N3O4S. The Bertz CT molecular complexity index is 1300. The number of hydrogen-bond donors (Lipinski definition) is 2. The quantitative estimate of drug-likeness (QED) is 0.552. The van der Waals surface area contributed by atoms with Crippen LogP contribution in [0.25, 0.3) is 23.3 Å². The summed E-state index contributed by atoms with van der Waals surface area (Å²) in [5.41, 5.74) is 4.09. The van der Waals surface area contributed by atoms with E-state index in [1.807, 2.05) is 36.4 Å². The zero-order valence-electron chi connectivity index (χ0n) is 18.5. The van der Waals surface area contributed by atoms with Crippen LogP contribution in [0.5, 0.6) is 5.75 Å². The van der Waals surface area contributed by atoms with Gasteiger partial charge in [-0.2, -0.15) is 5.10 Å². The molecule has 0 saturated carbocycles. The molecule has 1 heterocycles. The molecule has 0 unspecified atom stereocenters. The first-order valence-electron chi connectivity index (χ1n) is 10.0. The SMILES string of the molecule is COc1c(C=Cc2ccc(CS(N)(=O)=O)cc2)cc(-c2ccn[nH]c2=O)cc1C(C)(C)C. The Morgan fingerprint density at radius 1 is 1.09 bits per heavy atom. The number of aromatic amines is 1. The van der Waals surface area contributed by atoms with E-state index >= 15 is 0 Å². The van der Waals surface area contributed by atoms with Crippen LogP contribution in [-0.4, -0.2) is 25.7 Å². The number of H-pyrrole nitrogens is 1. The average Bonchev–Trinajstić information content (AvgIpc) is 2.71. The summed E-state index contributed by atoms with van der Waals surface area (Å²) in [6.45, 7) is 6.26. The number of nitrogens with two attached hydrogens (primary N) is 1. The van der Waals surface area contributed by atoms with Crippen molar-refractivity contribution in [2.75, 3.05) is 7.11 Å². The second-order valence-corrected chi connectivity index (χ2v) is 10.2. The van der Waals surface area contributed by atoms with Gasteiger partial charge < -0.3 is 4.74 Å². The number of rotatable bonds is 6. The number of methoxy groups -OCH3 is 1. The lowest BCUT2D eigenvalue weighted by molar-refractivity contribution is 0.397. The van der Waals surface area contributed by atoms with Crippen molar-refractivity contribution >= 4 is 22.2 Å². The number of sulfonamides is 1. The second kappa shape index (κ2) is 9.10. The lowest BCUT2D eigenvalue weighted by Crippen LogP contribution is -2.15. The second-order valence-electron chi connectivity index (χ2n) is 8.58. The number of primary sulfonamides is 1. The van der Waals surface area contributed by atoms with Crippen molar-refractivity contribution < 1.29 is 13.2 Å². The van der Waals surface area contributed by atoms with Crippen molar-refractivity contribution in [3.63, 3.8) is 0 Å². The van der Waals surface area contributed by atoms with Gasteiger partial charge >= 0.3 is 0 Å². The van der Waals surface area contributed by atoms with Gasteiger partial charge in [0.05, 0.1) is 18.4 Å². The maximum Gasteiger partial charge on any atom is 0.272 e. The van der Waals surface area contributed by atoms with E-state index in [9.17, 15) is 13.2 Å². The van der Waals surface area contributed by atoms with Gasteiger partial charge in [0, 0.05) is 17.3 Å². The number of nitrogens with zero attached hydrogens (tertiary/aromatic N) is 1. The van der Waals surface area contributed by atoms with E-state index in [-0.39, 0.29) is 16.7 Å². The molecule has 0 bridgehead atoms. The highest BCUT2D eigenvalue weighted by atomic mass is 32.2. The van der Waals surface area contributed by atoms with Gasteiger partial charge in [-0.3, -0.25) is 4.79 Å². The summed E-state index contributed by atoms with van der Waals surface area (Å²) < 4.78 is 28.3. The fraction of sp³-hybridized carbons (Fsp3) is 0.250. The minimum Gasteiger partial charge on any atom is -0.496 e. The minimum atomic E-state index is -3.57. The Balaban J connectivity index is 2.07. The molecule has 1 aromatic heterocycles. The van der Waals surface area contributed by atoms with Crippen LogP contribution in [0.3, 0.4) is 0 Å². The summed E-state index contributed by atoms with van der Waals surface area (Å²) in [6.07, 6.45) is 5.38. The Hall–Kier alpha value is -3.23. The normalized spacial score (nSPS) is 12.3. The topological polar surface area (TPSA) is 115 Å². The molecule has 0 aliphatic carbocycles. The number of hydrogen-bond acceptors (Lipinski definition) is 5. The van der Waals surface area contributed by atoms with Crippen molar-refractivity contribution in [2.24, 2.45) is 5.14 Å². The summed E-state index contributed by atoms with van der Waals surface area (Å²) in [7, 11) is -1.95. The van der Waals surface area contributed by atoms with Crippen molar-refractivity contribution in [2.45, 2.75) is 31.9 Å². The van der Waals surface area contributed by atoms with E-state index < -0.39 is 10.0 Å². The smallest absolute Gasteiger partial charge is 0.272 e. The zero-order chi connectivity index (χ0) is 23.5. The van der Waals surface area contributed by atoms with Gasteiger partial charge in [0.25, 0.3) is 5.56 Å². The number of nitrogens with one attached hydrogen (secondary N) is 1. The molecule has 3 N–H and O–H groups in total. The van der Waals surface area contributed by atoms with Gasteiger partial charge in [-0.05, 0) is 40.3 Å². The largest absolute Gasteiger partial charge is 0.496 e. The van der Waals surface area contributed by atoms with Crippen LogP contribution >= 0.6 is 0 Å². The molecule has 0 spiro atoms. The van der Waals surface area contributed by atoms with Gasteiger partial charge in [0.15, 0.2) is 0 Å². The highest BCUT2D eigenvalue weighted by Gasteiger charge is 2.22. The standard InChI is InChI=1S/C24H27N3O4S/c1-24(2,3)21-14-19(20-11-12-26-27-23(20)28)13-18(22(21)31-4)10-9-16-5-7-17(8-6-16)15-32(25,29)30/h5-14H,15H2,1-4H3,(H,27,28)(H2,25,29,30). The fourth-order valence-electron chi connectivity index (χ4n) is 3.43. The van der Waals surface area contributed by atoms with Gasteiger partial charge in [-0.1, -0.05) is 57.2 Å². The highest BCUT2D eigenvalue weighted by Crippen LogP contribution is 2.38. The molecule has 8 heteroatoms. The zero-order valence-corrected chi connectivity index (χ0v) is 19.4. The summed E-state index contributed by atoms with van der Waals surface area (Å²) >= 11 is 0. The Morgan fingerprint density at radius 3 is 2.34 bits per heavy atom. The number of aromatic nitrogens is 2. The lowest BCUT2D eigenvalue weighted by atomic mass is 9.83. The summed E-state index contributed by atoms with van der Waals surface area (Å²) in [6, 6.07) is 12.7. The van der Waals surface area contributed by atoms with Gasteiger partial charge in [0.2, 0.25) is 10.0 Å². The Labute approximate surface area is 188 Å². The Morgan fingerprint density at radius 2 is 1.78 bits per heavy atom. The van der Waals surface area contributed by atoms with E-state index in [4.69, 9.17) is 9.88 Å². The molecule has 168 valence electrons. The molecule has 0 amide bonds. The molecule has 0 radical (unpaired) electrons. The van der Waals surface area contributed by atoms with Gasteiger partial charge in [-0.15, -0.1) is 0 Å². The van der Waals surface area contributed by atoms with Crippen LogP contribution in [0.1, 0.15) is 43.0 Å². The molecule has 0 fully saturated rings. The van der Waals surface area contributed by atoms with E-state index in [0.29, 0.717) is 11.1 Å². The van der Waals surface area contributed by atoms with E-state index in [1.54, 1.807) is 31.5 Å². The van der Waals surface area contributed by atoms with E-state index in [2.05, 4.69) is 31.0 Å². The highest BCUT2D eigenvalue weighted by molar-refractivity contribution is 7.88. The van der Waals surface area contributed by atoms with Crippen LogP contribution in [-0.2, 0) is 21.2 Å². The average molecular weight is 454 g/mol. The monoisotopic (exact) mass is 453 g/mol. The van der Waals surface area contributed by atoms with Crippen LogP contribution in [0, 0.1) is 0 Å². The molecule has 3 rings (SSSR count).